The number of ether oxygens (including phenoxy) is 1. The van der Waals surface area contributed by atoms with E-state index in [0.29, 0.717) is 28.1 Å². The number of rotatable bonds is 7. The van der Waals surface area contributed by atoms with E-state index in [0.717, 1.165) is 16.7 Å². The molecule has 1 atom stereocenters. The molecular weight excluding hydrogens is 472 g/mol. The van der Waals surface area contributed by atoms with E-state index in [9.17, 15) is 19.8 Å². The van der Waals surface area contributed by atoms with E-state index in [2.05, 4.69) is 15.3 Å². The van der Waals surface area contributed by atoms with Gasteiger partial charge in [-0.3, -0.25) is 9.89 Å². The van der Waals surface area contributed by atoms with Crippen LogP contribution in [0.25, 0.3) is 16.8 Å². The average molecular weight is 501 g/mol. The zero-order chi connectivity index (χ0) is 26.9. The van der Waals surface area contributed by atoms with E-state index in [-0.39, 0.29) is 22.7 Å². The molecule has 4 rings (SSSR count). The fraction of sp³-hybridized carbons (Fsp3) is 0.214. The van der Waals surface area contributed by atoms with Gasteiger partial charge in [0.2, 0.25) is 0 Å². The minimum absolute atomic E-state index is 0.105. The van der Waals surface area contributed by atoms with Crippen molar-refractivity contribution in [3.63, 3.8) is 0 Å². The molecule has 0 saturated heterocycles. The van der Waals surface area contributed by atoms with Gasteiger partial charge >= 0.3 is 5.97 Å². The molecule has 0 aliphatic carbocycles. The number of aryl methyl sites for hydroxylation is 4. The summed E-state index contributed by atoms with van der Waals surface area (Å²) < 4.78 is 6.45. The Balaban J connectivity index is 1.69. The third kappa shape index (κ3) is 5.07. The number of carboxylic acids is 1. The Labute approximate surface area is 213 Å². The van der Waals surface area contributed by atoms with Gasteiger partial charge in [-0.05, 0) is 79.8 Å². The molecule has 1 aromatic heterocycles. The summed E-state index contributed by atoms with van der Waals surface area (Å²) in [4.78, 5) is 24.4. The van der Waals surface area contributed by atoms with Crippen molar-refractivity contribution in [3.05, 3.63) is 92.9 Å². The van der Waals surface area contributed by atoms with Crippen molar-refractivity contribution in [1.82, 2.24) is 9.78 Å². The van der Waals surface area contributed by atoms with Crippen molar-refractivity contribution in [3.8, 4) is 22.6 Å². The fourth-order valence-corrected chi connectivity index (χ4v) is 4.08. The highest BCUT2D eigenvalue weighted by molar-refractivity contribution is 5.79. The molecular formula is C28H28N4O5. The van der Waals surface area contributed by atoms with Gasteiger partial charge in [0.1, 0.15) is 5.69 Å². The number of nitrogens with zero attached hydrogens (tertiary/aromatic N) is 3. The predicted octanol–water partition coefficient (Wildman–Crippen LogP) is 5.96. The maximum atomic E-state index is 13.1. The summed E-state index contributed by atoms with van der Waals surface area (Å²) in [5.41, 5.74) is 5.89. The monoisotopic (exact) mass is 500 g/mol. The van der Waals surface area contributed by atoms with Crippen molar-refractivity contribution in [1.29, 1.82) is 0 Å². The van der Waals surface area contributed by atoms with Gasteiger partial charge in [0.15, 0.2) is 17.5 Å². The molecule has 9 nitrogen and oxygen atoms in total. The number of aromatic hydroxyl groups is 1. The summed E-state index contributed by atoms with van der Waals surface area (Å²) in [7, 11) is 1.33. The maximum absolute atomic E-state index is 13.1. The maximum Gasteiger partial charge on any atom is 0.337 e. The Kier molecular flexibility index (Phi) is 7.08. The lowest BCUT2D eigenvalue weighted by Gasteiger charge is -2.13. The highest BCUT2D eigenvalue weighted by Crippen LogP contribution is 2.39. The third-order valence-electron chi connectivity index (χ3n) is 6.27. The number of aromatic amines is 1. The number of phenolic OH excluding ortho intramolecular Hbond substituents is 1. The first kappa shape index (κ1) is 25.6. The summed E-state index contributed by atoms with van der Waals surface area (Å²) in [5, 5.41) is 31.7. The van der Waals surface area contributed by atoms with Crippen LogP contribution in [0.4, 0.5) is 11.4 Å². The average Bonchev–Trinajstić information content (AvgIpc) is 3.15. The zero-order valence-electron chi connectivity index (χ0n) is 21.2. The van der Waals surface area contributed by atoms with E-state index in [4.69, 9.17) is 4.74 Å². The van der Waals surface area contributed by atoms with Crippen LogP contribution < -0.4 is 5.56 Å². The summed E-state index contributed by atoms with van der Waals surface area (Å²) in [5.74, 6) is -1.20. The highest BCUT2D eigenvalue weighted by Gasteiger charge is 2.19. The number of aliphatic carboxylic acids is 1. The standard InChI is InChI=1S/C28H28N4O5/c1-15-12-22(19-7-9-20(10-8-19)26(37-5)28(35)36)25(33)23(13-15)29-30-24-18(4)31-32(27(24)34)21-11-6-16(2)17(3)14-21/h6-14,26,31,33H,1-5H3,(H,35,36). The summed E-state index contributed by atoms with van der Waals surface area (Å²) in [6.07, 6.45) is -1.08. The van der Waals surface area contributed by atoms with Gasteiger partial charge in [-0.25, -0.2) is 9.48 Å². The zero-order valence-corrected chi connectivity index (χ0v) is 21.2. The van der Waals surface area contributed by atoms with E-state index < -0.39 is 12.1 Å². The molecule has 0 aliphatic rings. The van der Waals surface area contributed by atoms with Crippen molar-refractivity contribution >= 4 is 17.3 Å². The van der Waals surface area contributed by atoms with E-state index >= 15 is 0 Å². The van der Waals surface area contributed by atoms with Crippen molar-refractivity contribution < 1.29 is 19.7 Å². The number of azo groups is 1. The van der Waals surface area contributed by atoms with Crippen LogP contribution in [0.1, 0.15) is 34.1 Å². The number of hydrogen-bond acceptors (Lipinski definition) is 6. The lowest BCUT2D eigenvalue weighted by molar-refractivity contribution is -0.148. The Hall–Kier alpha value is -4.50. The number of carboxylic acid groups (broad SMARTS) is 1. The van der Waals surface area contributed by atoms with Crippen LogP contribution in [0.5, 0.6) is 5.75 Å². The Bertz CT molecular complexity index is 1560. The van der Waals surface area contributed by atoms with Gasteiger partial charge in [0.25, 0.3) is 5.56 Å². The molecule has 0 amide bonds. The van der Waals surface area contributed by atoms with Gasteiger partial charge < -0.3 is 14.9 Å². The SMILES string of the molecule is COC(C(=O)O)c1ccc(-c2cc(C)cc(N=Nc3c(C)[nH]n(-c4ccc(C)c(C)c4)c3=O)c2O)cc1. The molecule has 9 heteroatoms. The topological polar surface area (TPSA) is 129 Å². The Morgan fingerprint density at radius 2 is 1.68 bits per heavy atom. The van der Waals surface area contributed by atoms with Crippen LogP contribution in [0.15, 0.2) is 69.6 Å². The molecule has 37 heavy (non-hydrogen) atoms. The summed E-state index contributed by atoms with van der Waals surface area (Å²) in [6, 6.07) is 15.9. The van der Waals surface area contributed by atoms with Crippen LogP contribution >= 0.6 is 0 Å². The number of methoxy groups -OCH3 is 1. The van der Waals surface area contributed by atoms with Crippen LogP contribution in [0.2, 0.25) is 0 Å². The highest BCUT2D eigenvalue weighted by atomic mass is 16.5. The van der Waals surface area contributed by atoms with Crippen LogP contribution in [-0.2, 0) is 9.53 Å². The van der Waals surface area contributed by atoms with Gasteiger partial charge in [0.05, 0.1) is 11.4 Å². The molecule has 0 spiro atoms. The summed E-state index contributed by atoms with van der Waals surface area (Å²) in [6.45, 7) is 7.58. The molecule has 1 heterocycles. The van der Waals surface area contributed by atoms with Crippen LogP contribution in [0, 0.1) is 27.7 Å². The number of hydrogen-bond donors (Lipinski definition) is 3. The molecule has 190 valence electrons. The second-order valence-electron chi connectivity index (χ2n) is 8.95. The first-order chi connectivity index (χ1) is 17.6. The lowest BCUT2D eigenvalue weighted by atomic mass is 9.99. The number of benzene rings is 3. The molecule has 4 aromatic rings. The van der Waals surface area contributed by atoms with Crippen molar-refractivity contribution in [2.75, 3.05) is 7.11 Å². The summed E-state index contributed by atoms with van der Waals surface area (Å²) >= 11 is 0. The van der Waals surface area contributed by atoms with Crippen LogP contribution in [-0.4, -0.2) is 33.1 Å². The van der Waals surface area contributed by atoms with Crippen molar-refractivity contribution in [2.24, 2.45) is 10.2 Å². The number of phenols is 1. The molecule has 0 saturated carbocycles. The van der Waals surface area contributed by atoms with Gasteiger partial charge in [-0.15, -0.1) is 10.2 Å². The first-order valence-corrected chi connectivity index (χ1v) is 11.6. The van der Waals surface area contributed by atoms with Gasteiger partial charge in [0, 0.05) is 12.7 Å². The first-order valence-electron chi connectivity index (χ1n) is 11.6. The normalized spacial score (nSPS) is 12.2. The quantitative estimate of drug-likeness (QED) is 0.270. The minimum Gasteiger partial charge on any atom is -0.505 e. The van der Waals surface area contributed by atoms with Crippen LogP contribution in [0.3, 0.4) is 0 Å². The molecule has 0 bridgehead atoms. The molecule has 0 fully saturated rings. The molecule has 3 N–H and O–H groups in total. The predicted molar refractivity (Wildman–Crippen MR) is 140 cm³/mol. The Morgan fingerprint density at radius 3 is 2.30 bits per heavy atom. The van der Waals surface area contributed by atoms with Gasteiger partial charge in [-0.1, -0.05) is 30.3 Å². The largest absolute Gasteiger partial charge is 0.505 e. The molecule has 1 unspecified atom stereocenters. The number of carbonyl (C=O) groups is 1. The molecule has 0 radical (unpaired) electrons. The fourth-order valence-electron chi connectivity index (χ4n) is 4.08. The number of aromatic nitrogens is 2. The minimum atomic E-state index is -1.09. The lowest BCUT2D eigenvalue weighted by Crippen LogP contribution is -2.14. The van der Waals surface area contributed by atoms with E-state index in [1.54, 1.807) is 43.3 Å². The Morgan fingerprint density at radius 1 is 0.973 bits per heavy atom. The smallest absolute Gasteiger partial charge is 0.337 e. The number of H-pyrrole nitrogens is 1. The van der Waals surface area contributed by atoms with Gasteiger partial charge in [-0.2, -0.15) is 0 Å². The molecule has 3 aromatic carbocycles. The third-order valence-corrected chi connectivity index (χ3v) is 6.27. The van der Waals surface area contributed by atoms with Crippen molar-refractivity contribution in [2.45, 2.75) is 33.8 Å². The van der Waals surface area contributed by atoms with E-state index in [1.165, 1.54) is 11.8 Å². The molecule has 0 aliphatic heterocycles. The number of nitrogens with one attached hydrogen (secondary N) is 1. The second-order valence-corrected chi connectivity index (χ2v) is 8.95. The van der Waals surface area contributed by atoms with E-state index in [1.807, 2.05) is 39.0 Å². The second kappa shape index (κ2) is 10.2.